The molecule has 0 saturated heterocycles. The minimum absolute atomic E-state index is 0.415. The van der Waals surface area contributed by atoms with Crippen molar-refractivity contribution in [3.63, 3.8) is 0 Å². The number of rotatable bonds is 0. The van der Waals surface area contributed by atoms with Crippen LogP contribution in [0, 0.1) is 0 Å². The van der Waals surface area contributed by atoms with E-state index in [-0.39, 0.29) is 0 Å². The molecule has 0 heterocycles. The van der Waals surface area contributed by atoms with Gasteiger partial charge in [0.05, 0.1) is 0 Å². The van der Waals surface area contributed by atoms with E-state index in [9.17, 15) is 4.79 Å². The maximum atomic E-state index is 11.2. The van der Waals surface area contributed by atoms with Crippen LogP contribution in [0.1, 0.15) is 44.9 Å². The van der Waals surface area contributed by atoms with Crippen LogP contribution in [0.5, 0.6) is 0 Å². The zero-order valence-electron chi connectivity index (χ0n) is 8.17. The molecule has 0 bridgehead atoms. The fraction of sp³-hybridized carbons (Fsp3) is 0.583. The van der Waals surface area contributed by atoms with Crippen molar-refractivity contribution >= 4 is 5.78 Å². The zero-order valence-corrected chi connectivity index (χ0v) is 8.17. The molecule has 0 fully saturated rings. The number of carbonyl (C=O) groups excluding carboxylic acids is 1. The van der Waals surface area contributed by atoms with Gasteiger partial charge < -0.3 is 0 Å². The molecule has 0 spiro atoms. The van der Waals surface area contributed by atoms with Crippen molar-refractivity contribution in [1.29, 1.82) is 0 Å². The number of ketones is 1. The van der Waals surface area contributed by atoms with E-state index in [0.29, 0.717) is 5.78 Å². The summed E-state index contributed by atoms with van der Waals surface area (Å²) in [4.78, 5) is 11.2. The molecule has 1 rings (SSSR count). The highest BCUT2D eigenvalue weighted by Crippen LogP contribution is 2.06. The highest BCUT2D eigenvalue weighted by molar-refractivity contribution is 5.78. The third-order valence-electron chi connectivity index (χ3n) is 2.25. The topological polar surface area (TPSA) is 17.1 Å². The third-order valence-corrected chi connectivity index (χ3v) is 2.25. The SMILES string of the molecule is O=C1CC/C=C\CC/C=C\CCC1. The number of hydrogen-bond acceptors (Lipinski definition) is 1. The average Bonchev–Trinajstić information content (AvgIpc) is 2.11. The van der Waals surface area contributed by atoms with Crippen LogP contribution in [0.3, 0.4) is 0 Å². The van der Waals surface area contributed by atoms with Crippen molar-refractivity contribution in [3.05, 3.63) is 24.3 Å². The van der Waals surface area contributed by atoms with Crippen molar-refractivity contribution in [2.24, 2.45) is 0 Å². The number of allylic oxidation sites excluding steroid dienone is 4. The Morgan fingerprint density at radius 1 is 0.769 bits per heavy atom. The minimum Gasteiger partial charge on any atom is -0.300 e. The van der Waals surface area contributed by atoms with Crippen LogP contribution in [0.15, 0.2) is 24.3 Å². The molecule has 72 valence electrons. The maximum Gasteiger partial charge on any atom is 0.133 e. The second-order valence-corrected chi connectivity index (χ2v) is 3.49. The summed E-state index contributed by atoms with van der Waals surface area (Å²) in [7, 11) is 0. The van der Waals surface area contributed by atoms with E-state index in [1.165, 1.54) is 0 Å². The summed E-state index contributed by atoms with van der Waals surface area (Å²) in [5.41, 5.74) is 0. The molecular formula is C12H18O. The fourth-order valence-electron chi connectivity index (χ4n) is 1.45. The first-order valence-electron chi connectivity index (χ1n) is 5.21. The van der Waals surface area contributed by atoms with Gasteiger partial charge in [0, 0.05) is 12.8 Å². The van der Waals surface area contributed by atoms with Crippen molar-refractivity contribution in [2.75, 3.05) is 0 Å². The zero-order chi connectivity index (χ0) is 9.36. The smallest absolute Gasteiger partial charge is 0.133 e. The van der Waals surface area contributed by atoms with Gasteiger partial charge in [-0.05, 0) is 32.1 Å². The van der Waals surface area contributed by atoms with Gasteiger partial charge in [-0.1, -0.05) is 24.3 Å². The second kappa shape index (κ2) is 6.64. The van der Waals surface area contributed by atoms with Crippen LogP contribution in [-0.2, 0) is 4.79 Å². The maximum absolute atomic E-state index is 11.2. The first-order valence-corrected chi connectivity index (χ1v) is 5.21. The van der Waals surface area contributed by atoms with E-state index in [1.807, 2.05) is 0 Å². The van der Waals surface area contributed by atoms with Gasteiger partial charge in [0.25, 0.3) is 0 Å². The van der Waals surface area contributed by atoms with Gasteiger partial charge in [-0.15, -0.1) is 0 Å². The molecule has 1 heteroatoms. The summed E-state index contributed by atoms with van der Waals surface area (Å²) in [6, 6.07) is 0. The first-order chi connectivity index (χ1) is 6.39. The largest absolute Gasteiger partial charge is 0.300 e. The Balaban J connectivity index is 2.33. The van der Waals surface area contributed by atoms with Crippen LogP contribution in [0.25, 0.3) is 0 Å². The minimum atomic E-state index is 0.415. The van der Waals surface area contributed by atoms with Crippen molar-refractivity contribution in [2.45, 2.75) is 44.9 Å². The summed E-state index contributed by atoms with van der Waals surface area (Å²) >= 11 is 0. The first kappa shape index (κ1) is 10.2. The molecule has 13 heavy (non-hydrogen) atoms. The lowest BCUT2D eigenvalue weighted by molar-refractivity contribution is -0.119. The van der Waals surface area contributed by atoms with Crippen molar-refractivity contribution in [3.8, 4) is 0 Å². The molecule has 1 aliphatic carbocycles. The van der Waals surface area contributed by atoms with Crippen LogP contribution in [-0.4, -0.2) is 5.78 Å². The Hall–Kier alpha value is -0.850. The summed E-state index contributed by atoms with van der Waals surface area (Å²) in [6.45, 7) is 0. The van der Waals surface area contributed by atoms with E-state index in [4.69, 9.17) is 0 Å². The van der Waals surface area contributed by atoms with Gasteiger partial charge in [0.1, 0.15) is 5.78 Å². The second-order valence-electron chi connectivity index (χ2n) is 3.49. The van der Waals surface area contributed by atoms with Crippen LogP contribution >= 0.6 is 0 Å². The summed E-state index contributed by atoms with van der Waals surface area (Å²) in [6.07, 6.45) is 15.5. The van der Waals surface area contributed by atoms with E-state index < -0.39 is 0 Å². The Labute approximate surface area is 80.5 Å². The quantitative estimate of drug-likeness (QED) is 0.519. The Kier molecular flexibility index (Phi) is 5.23. The Morgan fingerprint density at radius 2 is 1.38 bits per heavy atom. The van der Waals surface area contributed by atoms with Crippen LogP contribution in [0.2, 0.25) is 0 Å². The summed E-state index contributed by atoms with van der Waals surface area (Å²) in [5.74, 6) is 0.415. The summed E-state index contributed by atoms with van der Waals surface area (Å²) < 4.78 is 0. The number of Topliss-reactive ketones (excluding diaryl/α,β-unsaturated/α-hetero) is 1. The third kappa shape index (κ3) is 5.40. The molecule has 0 atom stereocenters. The molecule has 0 amide bonds. The highest BCUT2D eigenvalue weighted by atomic mass is 16.1. The Bertz CT molecular complexity index is 201. The van der Waals surface area contributed by atoms with Gasteiger partial charge in [0.2, 0.25) is 0 Å². The van der Waals surface area contributed by atoms with Crippen LogP contribution < -0.4 is 0 Å². The predicted octanol–water partition coefficient (Wildman–Crippen LogP) is 3.41. The number of hydrogen-bond donors (Lipinski definition) is 0. The van der Waals surface area contributed by atoms with Crippen molar-refractivity contribution in [1.82, 2.24) is 0 Å². The van der Waals surface area contributed by atoms with E-state index >= 15 is 0 Å². The van der Waals surface area contributed by atoms with Gasteiger partial charge in [0.15, 0.2) is 0 Å². The molecule has 0 saturated carbocycles. The molecule has 0 radical (unpaired) electrons. The van der Waals surface area contributed by atoms with E-state index in [1.54, 1.807) is 0 Å². The fourth-order valence-corrected chi connectivity index (χ4v) is 1.45. The lowest BCUT2D eigenvalue weighted by Crippen LogP contribution is -1.96. The predicted molar refractivity (Wildman–Crippen MR) is 55.6 cm³/mol. The molecule has 0 aromatic heterocycles. The van der Waals surface area contributed by atoms with Crippen LogP contribution in [0.4, 0.5) is 0 Å². The molecule has 0 unspecified atom stereocenters. The summed E-state index contributed by atoms with van der Waals surface area (Å²) in [5, 5.41) is 0. The Morgan fingerprint density at radius 3 is 2.15 bits per heavy atom. The molecule has 1 aliphatic rings. The normalized spacial score (nSPS) is 25.7. The van der Waals surface area contributed by atoms with Crippen molar-refractivity contribution < 1.29 is 4.79 Å². The van der Waals surface area contributed by atoms with Gasteiger partial charge in [-0.25, -0.2) is 0 Å². The average molecular weight is 178 g/mol. The van der Waals surface area contributed by atoms with E-state index in [0.717, 1.165) is 44.9 Å². The van der Waals surface area contributed by atoms with E-state index in [2.05, 4.69) is 24.3 Å². The lowest BCUT2D eigenvalue weighted by atomic mass is 10.1. The molecule has 0 aromatic rings. The molecule has 1 nitrogen and oxygen atoms in total. The standard InChI is InChI=1S/C12H18O/c13-12-10-8-6-4-2-1-3-5-7-9-11-12/h2,4-5,7H,1,3,6,8-11H2/b4-2-,7-5-. The molecule has 0 aromatic carbocycles. The molecular weight excluding hydrogens is 160 g/mol. The highest BCUT2D eigenvalue weighted by Gasteiger charge is 1.99. The number of carbonyl (C=O) groups is 1. The van der Waals surface area contributed by atoms with Gasteiger partial charge in [-0.2, -0.15) is 0 Å². The monoisotopic (exact) mass is 178 g/mol. The van der Waals surface area contributed by atoms with Gasteiger partial charge in [-0.3, -0.25) is 4.79 Å². The lowest BCUT2D eigenvalue weighted by Gasteiger charge is -1.98. The molecule has 0 N–H and O–H groups in total. The van der Waals surface area contributed by atoms with Gasteiger partial charge >= 0.3 is 0 Å². The molecule has 0 aliphatic heterocycles.